The first kappa shape index (κ1) is 18.0. The third kappa shape index (κ3) is 4.35. The van der Waals surface area contributed by atoms with E-state index in [1.54, 1.807) is 4.68 Å². The number of carbonyl (C=O) groups excluding carboxylic acids is 1. The van der Waals surface area contributed by atoms with Gasteiger partial charge in [-0.3, -0.25) is 9.48 Å². The molecule has 0 atom stereocenters. The van der Waals surface area contributed by atoms with Crippen LogP contribution in [0.5, 0.6) is 0 Å². The van der Waals surface area contributed by atoms with E-state index in [0.29, 0.717) is 6.54 Å². The Morgan fingerprint density at radius 2 is 2.04 bits per heavy atom. The first-order chi connectivity index (χ1) is 11.4. The van der Waals surface area contributed by atoms with Crippen LogP contribution in [0.2, 0.25) is 0 Å². The minimum Gasteiger partial charge on any atom is -0.462 e. The van der Waals surface area contributed by atoms with Gasteiger partial charge in [0, 0.05) is 29.1 Å². The third-order valence-corrected chi connectivity index (χ3v) is 3.82. The minimum absolute atomic E-state index is 0.0125. The zero-order valence-corrected chi connectivity index (χ0v) is 14.7. The van der Waals surface area contributed by atoms with E-state index < -0.39 is 0 Å². The molecule has 6 nitrogen and oxygen atoms in total. The number of aliphatic hydroxyl groups is 1. The Morgan fingerprint density at radius 1 is 1.33 bits per heavy atom. The van der Waals surface area contributed by atoms with Crippen molar-refractivity contribution in [2.45, 2.75) is 53.5 Å². The van der Waals surface area contributed by atoms with Crippen LogP contribution in [-0.2, 0) is 29.2 Å². The number of anilines is 1. The number of rotatable bonds is 7. The maximum atomic E-state index is 11.8. The maximum Gasteiger partial charge on any atom is 0.328 e. The summed E-state index contributed by atoms with van der Waals surface area (Å²) in [5.41, 5.74) is 4.59. The lowest BCUT2D eigenvalue weighted by Gasteiger charge is -2.11. The lowest BCUT2D eigenvalue weighted by Crippen LogP contribution is -2.19. The highest BCUT2D eigenvalue weighted by atomic mass is 16.5. The second kappa shape index (κ2) is 7.97. The van der Waals surface area contributed by atoms with Crippen LogP contribution in [0.25, 0.3) is 0 Å². The van der Waals surface area contributed by atoms with E-state index in [1.165, 1.54) is 0 Å². The van der Waals surface area contributed by atoms with Crippen LogP contribution >= 0.6 is 0 Å². The summed E-state index contributed by atoms with van der Waals surface area (Å²) in [6, 6.07) is 7.63. The van der Waals surface area contributed by atoms with Crippen molar-refractivity contribution in [3.8, 4) is 0 Å². The molecular weight excluding hydrogens is 306 g/mol. The van der Waals surface area contributed by atoms with E-state index in [-0.39, 0.29) is 25.2 Å². The zero-order chi connectivity index (χ0) is 17.7. The molecule has 6 heteroatoms. The van der Waals surface area contributed by atoms with Crippen LogP contribution in [0, 0.1) is 13.8 Å². The van der Waals surface area contributed by atoms with Crippen LogP contribution in [0.15, 0.2) is 24.3 Å². The Bertz CT molecular complexity index is 708. The van der Waals surface area contributed by atoms with Crippen molar-refractivity contribution in [2.75, 3.05) is 5.32 Å². The summed E-state index contributed by atoms with van der Waals surface area (Å²) in [6.45, 7) is 8.19. The second-order valence-electron chi connectivity index (χ2n) is 6.01. The molecule has 0 unspecified atom stereocenters. The largest absolute Gasteiger partial charge is 0.462 e. The average Bonchev–Trinajstić information content (AvgIpc) is 2.78. The van der Waals surface area contributed by atoms with Gasteiger partial charge in [0.25, 0.3) is 0 Å². The van der Waals surface area contributed by atoms with Gasteiger partial charge in [-0.15, -0.1) is 0 Å². The lowest BCUT2D eigenvalue weighted by molar-refractivity contribution is -0.148. The predicted octanol–water partition coefficient (Wildman–Crippen LogP) is 2.56. The smallest absolute Gasteiger partial charge is 0.328 e. The van der Waals surface area contributed by atoms with Gasteiger partial charge in [-0.1, -0.05) is 18.2 Å². The molecule has 130 valence electrons. The number of aromatic nitrogens is 2. The van der Waals surface area contributed by atoms with Gasteiger partial charge in [-0.25, -0.2) is 0 Å². The first-order valence-corrected chi connectivity index (χ1v) is 8.07. The molecule has 0 radical (unpaired) electrons. The molecule has 0 saturated heterocycles. The topological polar surface area (TPSA) is 76.4 Å². The molecule has 1 aromatic carbocycles. The van der Waals surface area contributed by atoms with E-state index in [4.69, 9.17) is 4.74 Å². The number of hydrogen-bond acceptors (Lipinski definition) is 5. The maximum absolute atomic E-state index is 11.8. The number of para-hydroxylation sites is 1. The number of hydrogen-bond donors (Lipinski definition) is 2. The Morgan fingerprint density at radius 3 is 2.71 bits per heavy atom. The molecule has 0 aliphatic rings. The third-order valence-electron chi connectivity index (χ3n) is 3.82. The Labute approximate surface area is 142 Å². The molecule has 0 bridgehead atoms. The molecule has 0 spiro atoms. The standard InChI is InChI=1S/C18H25N3O3/c1-12(2)24-18(23)10-21-14(4)16(13(3)20-21)9-19-17-8-6-5-7-15(17)11-22/h5-8,12,19,22H,9-11H2,1-4H3. The van der Waals surface area contributed by atoms with Crippen molar-refractivity contribution in [1.29, 1.82) is 0 Å². The van der Waals surface area contributed by atoms with Crippen LogP contribution < -0.4 is 5.32 Å². The number of nitrogens with zero attached hydrogens (tertiary/aromatic N) is 2. The summed E-state index contributed by atoms with van der Waals surface area (Å²) >= 11 is 0. The summed E-state index contributed by atoms with van der Waals surface area (Å²) in [4.78, 5) is 11.8. The average molecular weight is 331 g/mol. The van der Waals surface area contributed by atoms with Gasteiger partial charge in [0.2, 0.25) is 0 Å². The number of aliphatic hydroxyl groups excluding tert-OH is 1. The van der Waals surface area contributed by atoms with Crippen molar-refractivity contribution >= 4 is 11.7 Å². The molecule has 1 aromatic heterocycles. The fourth-order valence-electron chi connectivity index (χ4n) is 2.58. The number of aryl methyl sites for hydroxylation is 1. The summed E-state index contributed by atoms with van der Waals surface area (Å²) < 4.78 is 6.85. The fourth-order valence-corrected chi connectivity index (χ4v) is 2.58. The van der Waals surface area contributed by atoms with Gasteiger partial charge in [0.15, 0.2) is 0 Å². The number of ether oxygens (including phenoxy) is 1. The highest BCUT2D eigenvalue weighted by Gasteiger charge is 2.15. The quantitative estimate of drug-likeness (QED) is 0.763. The number of benzene rings is 1. The van der Waals surface area contributed by atoms with Crippen LogP contribution in [-0.4, -0.2) is 27.0 Å². The SMILES string of the molecule is Cc1nn(CC(=O)OC(C)C)c(C)c1CNc1ccccc1CO. The summed E-state index contributed by atoms with van der Waals surface area (Å²) in [7, 11) is 0. The van der Waals surface area contributed by atoms with Crippen LogP contribution in [0.3, 0.4) is 0 Å². The highest BCUT2D eigenvalue weighted by molar-refractivity contribution is 5.69. The van der Waals surface area contributed by atoms with Crippen LogP contribution in [0.1, 0.15) is 36.4 Å². The summed E-state index contributed by atoms with van der Waals surface area (Å²) in [5, 5.41) is 17.2. The van der Waals surface area contributed by atoms with Crippen molar-refractivity contribution < 1.29 is 14.6 Å². The monoisotopic (exact) mass is 331 g/mol. The number of nitrogens with one attached hydrogen (secondary N) is 1. The molecule has 0 fully saturated rings. The Balaban J connectivity index is 2.10. The van der Waals surface area contributed by atoms with E-state index in [1.807, 2.05) is 52.0 Å². The summed E-state index contributed by atoms with van der Waals surface area (Å²) in [5.74, 6) is -0.291. The molecule has 2 N–H and O–H groups in total. The number of esters is 1. The van der Waals surface area contributed by atoms with Crippen molar-refractivity contribution in [3.63, 3.8) is 0 Å². The lowest BCUT2D eigenvalue weighted by atomic mass is 10.1. The molecule has 0 aliphatic carbocycles. The van der Waals surface area contributed by atoms with Crippen LogP contribution in [0.4, 0.5) is 5.69 Å². The van der Waals surface area contributed by atoms with Gasteiger partial charge in [0.05, 0.1) is 18.4 Å². The van der Waals surface area contributed by atoms with E-state index in [2.05, 4.69) is 10.4 Å². The van der Waals surface area contributed by atoms with E-state index in [9.17, 15) is 9.90 Å². The molecule has 0 saturated carbocycles. The van der Waals surface area contributed by atoms with Gasteiger partial charge in [-0.05, 0) is 33.8 Å². The van der Waals surface area contributed by atoms with Crippen molar-refractivity contribution in [1.82, 2.24) is 9.78 Å². The molecular formula is C18H25N3O3. The van der Waals surface area contributed by atoms with Gasteiger partial charge >= 0.3 is 5.97 Å². The molecule has 0 amide bonds. The summed E-state index contributed by atoms with van der Waals surface area (Å²) in [6.07, 6.45) is -0.134. The predicted molar refractivity (Wildman–Crippen MR) is 92.6 cm³/mol. The first-order valence-electron chi connectivity index (χ1n) is 8.07. The zero-order valence-electron chi connectivity index (χ0n) is 14.7. The van der Waals surface area contributed by atoms with E-state index in [0.717, 1.165) is 28.2 Å². The molecule has 24 heavy (non-hydrogen) atoms. The highest BCUT2D eigenvalue weighted by Crippen LogP contribution is 2.19. The minimum atomic E-state index is -0.291. The Hall–Kier alpha value is -2.34. The molecule has 1 heterocycles. The van der Waals surface area contributed by atoms with Gasteiger partial charge in [0.1, 0.15) is 6.54 Å². The Kier molecular flexibility index (Phi) is 5.98. The molecule has 2 aromatic rings. The van der Waals surface area contributed by atoms with Gasteiger partial charge in [-0.2, -0.15) is 5.10 Å². The fraction of sp³-hybridized carbons (Fsp3) is 0.444. The van der Waals surface area contributed by atoms with Crippen molar-refractivity contribution in [3.05, 3.63) is 46.8 Å². The number of carbonyl (C=O) groups is 1. The second-order valence-corrected chi connectivity index (χ2v) is 6.01. The normalized spacial score (nSPS) is 10.9. The van der Waals surface area contributed by atoms with E-state index >= 15 is 0 Å². The molecule has 2 rings (SSSR count). The molecule has 0 aliphatic heterocycles. The van der Waals surface area contributed by atoms with Crippen molar-refractivity contribution in [2.24, 2.45) is 0 Å². The van der Waals surface area contributed by atoms with Gasteiger partial charge < -0.3 is 15.2 Å².